The maximum absolute atomic E-state index is 12.5. The molecule has 5 nitrogen and oxygen atoms in total. The topological polar surface area (TPSA) is 59.8 Å². The number of hydrogen-bond donors (Lipinski definition) is 1. The third kappa shape index (κ3) is 5.24. The van der Waals surface area contributed by atoms with Crippen LogP contribution in [0, 0.1) is 0 Å². The number of nitrogens with one attached hydrogen (secondary N) is 1. The summed E-state index contributed by atoms with van der Waals surface area (Å²) >= 11 is 4.76. The summed E-state index contributed by atoms with van der Waals surface area (Å²) in [5, 5.41) is 12.4. The molecule has 0 saturated carbocycles. The Kier molecular flexibility index (Phi) is 6.84. The molecule has 0 saturated heterocycles. The minimum absolute atomic E-state index is 0.0931. The second kappa shape index (κ2) is 9.94. The van der Waals surface area contributed by atoms with Crippen LogP contribution in [-0.2, 0) is 11.2 Å². The zero-order valence-electron chi connectivity index (χ0n) is 17.0. The Balaban J connectivity index is 1.58. The zero-order chi connectivity index (χ0) is 21.6. The number of anilines is 1. The lowest BCUT2D eigenvalue weighted by Crippen LogP contribution is -2.14. The Hall–Kier alpha value is -2.90. The van der Waals surface area contributed by atoms with Gasteiger partial charge < -0.3 is 5.32 Å². The molecular weight excluding hydrogens is 472 g/mol. The van der Waals surface area contributed by atoms with Crippen molar-refractivity contribution < 1.29 is 4.79 Å². The molecule has 1 aromatic heterocycles. The van der Waals surface area contributed by atoms with E-state index in [1.54, 1.807) is 0 Å². The van der Waals surface area contributed by atoms with Crippen LogP contribution < -0.4 is 5.32 Å². The summed E-state index contributed by atoms with van der Waals surface area (Å²) in [5.74, 6) is 0.890. The van der Waals surface area contributed by atoms with E-state index in [2.05, 4.69) is 62.6 Å². The lowest BCUT2D eigenvalue weighted by atomic mass is 10.1. The predicted octanol–water partition coefficient (Wildman–Crippen LogP) is 5.99. The van der Waals surface area contributed by atoms with E-state index in [0.717, 1.165) is 33.7 Å². The van der Waals surface area contributed by atoms with Gasteiger partial charge in [0.25, 0.3) is 0 Å². The first kappa shape index (κ1) is 21.3. The fourth-order valence-corrected chi connectivity index (χ4v) is 4.13. The van der Waals surface area contributed by atoms with Gasteiger partial charge in [0.1, 0.15) is 0 Å². The summed E-state index contributed by atoms with van der Waals surface area (Å²) in [6.07, 6.45) is 0.978. The lowest BCUT2D eigenvalue weighted by Gasteiger charge is -2.11. The largest absolute Gasteiger partial charge is 0.325 e. The number of aromatic nitrogens is 3. The average molecular weight is 493 g/mol. The third-order valence-electron chi connectivity index (χ3n) is 4.73. The maximum atomic E-state index is 12.5. The molecule has 0 atom stereocenters. The van der Waals surface area contributed by atoms with Crippen molar-refractivity contribution in [2.75, 3.05) is 11.1 Å². The monoisotopic (exact) mass is 492 g/mol. The number of benzene rings is 3. The van der Waals surface area contributed by atoms with Crippen LogP contribution in [0.2, 0.25) is 0 Å². The quantitative estimate of drug-likeness (QED) is 0.322. The Morgan fingerprint density at radius 2 is 1.68 bits per heavy atom. The first-order chi connectivity index (χ1) is 15.1. The molecule has 1 amide bonds. The standard InChI is InChI=1S/C24H21BrN4OS/c1-2-17-8-14-21(15-9-17)29-23(18-6-4-3-5-7-18)27-28-24(29)31-16-22(30)26-20-12-10-19(25)11-13-20/h3-15H,2,16H2,1H3,(H,26,30). The molecule has 4 aromatic rings. The number of carbonyl (C=O) groups is 1. The van der Waals surface area contributed by atoms with Gasteiger partial charge in [-0.15, -0.1) is 10.2 Å². The number of aryl methyl sites for hydroxylation is 1. The maximum Gasteiger partial charge on any atom is 0.234 e. The molecule has 4 rings (SSSR count). The lowest BCUT2D eigenvalue weighted by molar-refractivity contribution is -0.113. The number of amides is 1. The molecular formula is C24H21BrN4OS. The van der Waals surface area contributed by atoms with E-state index >= 15 is 0 Å². The molecule has 0 fully saturated rings. The highest BCUT2D eigenvalue weighted by molar-refractivity contribution is 9.10. The van der Waals surface area contributed by atoms with E-state index in [1.165, 1.54) is 17.3 Å². The van der Waals surface area contributed by atoms with Crippen molar-refractivity contribution in [3.63, 3.8) is 0 Å². The van der Waals surface area contributed by atoms with Crippen molar-refractivity contribution in [2.45, 2.75) is 18.5 Å². The molecule has 0 aliphatic carbocycles. The summed E-state index contributed by atoms with van der Waals surface area (Å²) < 4.78 is 2.97. The first-order valence-electron chi connectivity index (χ1n) is 9.92. The van der Waals surface area contributed by atoms with Crippen LogP contribution in [0.4, 0.5) is 5.69 Å². The van der Waals surface area contributed by atoms with Gasteiger partial charge in [0.2, 0.25) is 5.91 Å². The van der Waals surface area contributed by atoms with Gasteiger partial charge in [-0.2, -0.15) is 0 Å². The molecule has 0 bridgehead atoms. The van der Waals surface area contributed by atoms with Crippen LogP contribution >= 0.6 is 27.7 Å². The number of hydrogen-bond acceptors (Lipinski definition) is 4. The Morgan fingerprint density at radius 1 is 0.968 bits per heavy atom. The number of halogens is 1. The fourth-order valence-electron chi connectivity index (χ4n) is 3.11. The molecule has 0 aliphatic rings. The molecule has 0 radical (unpaired) electrons. The molecule has 0 spiro atoms. The SMILES string of the molecule is CCc1ccc(-n2c(SCC(=O)Nc3ccc(Br)cc3)nnc2-c2ccccc2)cc1. The Labute approximate surface area is 194 Å². The van der Waals surface area contributed by atoms with Crippen molar-refractivity contribution in [2.24, 2.45) is 0 Å². The molecule has 0 unspecified atom stereocenters. The fraction of sp³-hybridized carbons (Fsp3) is 0.125. The van der Waals surface area contributed by atoms with Gasteiger partial charge in [0.15, 0.2) is 11.0 Å². The molecule has 3 aromatic carbocycles. The zero-order valence-corrected chi connectivity index (χ0v) is 19.4. The van der Waals surface area contributed by atoms with Gasteiger partial charge in [0, 0.05) is 21.4 Å². The molecule has 31 heavy (non-hydrogen) atoms. The normalized spacial score (nSPS) is 10.8. The van der Waals surface area contributed by atoms with E-state index < -0.39 is 0 Å². The van der Waals surface area contributed by atoms with Gasteiger partial charge >= 0.3 is 0 Å². The second-order valence-corrected chi connectivity index (χ2v) is 8.73. The second-order valence-electron chi connectivity index (χ2n) is 6.87. The minimum Gasteiger partial charge on any atom is -0.325 e. The molecule has 1 heterocycles. The van der Waals surface area contributed by atoms with Gasteiger partial charge in [-0.05, 0) is 48.4 Å². The minimum atomic E-state index is -0.0931. The van der Waals surface area contributed by atoms with Gasteiger partial charge in [-0.1, -0.05) is 77.1 Å². The Morgan fingerprint density at radius 3 is 2.35 bits per heavy atom. The summed E-state index contributed by atoms with van der Waals surface area (Å²) in [6.45, 7) is 2.13. The Bertz CT molecular complexity index is 1160. The number of rotatable bonds is 7. The average Bonchev–Trinajstić information content (AvgIpc) is 3.24. The number of nitrogens with zero attached hydrogens (tertiary/aromatic N) is 3. The summed E-state index contributed by atoms with van der Waals surface area (Å²) in [5.41, 5.74) is 3.97. The van der Waals surface area contributed by atoms with Crippen molar-refractivity contribution in [1.82, 2.24) is 14.8 Å². The van der Waals surface area contributed by atoms with E-state index in [1.807, 2.05) is 59.2 Å². The molecule has 1 N–H and O–H groups in total. The van der Waals surface area contributed by atoms with Gasteiger partial charge in [0.05, 0.1) is 5.75 Å². The third-order valence-corrected chi connectivity index (χ3v) is 6.19. The van der Waals surface area contributed by atoms with E-state index in [4.69, 9.17) is 0 Å². The van der Waals surface area contributed by atoms with Gasteiger partial charge in [-0.3, -0.25) is 9.36 Å². The van der Waals surface area contributed by atoms with E-state index in [9.17, 15) is 4.79 Å². The van der Waals surface area contributed by atoms with Crippen molar-refractivity contribution in [3.05, 3.63) is 88.9 Å². The van der Waals surface area contributed by atoms with Crippen LogP contribution in [0.15, 0.2) is 88.5 Å². The van der Waals surface area contributed by atoms with Crippen LogP contribution in [0.3, 0.4) is 0 Å². The summed E-state index contributed by atoms with van der Waals surface area (Å²) in [7, 11) is 0. The summed E-state index contributed by atoms with van der Waals surface area (Å²) in [6, 6.07) is 25.8. The van der Waals surface area contributed by atoms with Crippen molar-refractivity contribution in [3.8, 4) is 17.1 Å². The van der Waals surface area contributed by atoms with Crippen LogP contribution in [0.1, 0.15) is 12.5 Å². The molecule has 0 aliphatic heterocycles. The van der Waals surface area contributed by atoms with E-state index in [-0.39, 0.29) is 11.7 Å². The van der Waals surface area contributed by atoms with Crippen molar-refractivity contribution >= 4 is 39.3 Å². The molecule has 7 heteroatoms. The molecule has 156 valence electrons. The van der Waals surface area contributed by atoms with E-state index in [0.29, 0.717) is 5.16 Å². The smallest absolute Gasteiger partial charge is 0.234 e. The summed E-state index contributed by atoms with van der Waals surface area (Å²) in [4.78, 5) is 12.5. The van der Waals surface area contributed by atoms with Crippen LogP contribution in [0.5, 0.6) is 0 Å². The van der Waals surface area contributed by atoms with Gasteiger partial charge in [-0.25, -0.2) is 0 Å². The van der Waals surface area contributed by atoms with Crippen molar-refractivity contribution in [1.29, 1.82) is 0 Å². The van der Waals surface area contributed by atoms with Crippen LogP contribution in [0.25, 0.3) is 17.1 Å². The van der Waals surface area contributed by atoms with Crippen LogP contribution in [-0.4, -0.2) is 26.4 Å². The highest BCUT2D eigenvalue weighted by atomic mass is 79.9. The first-order valence-corrected chi connectivity index (χ1v) is 11.7. The highest BCUT2D eigenvalue weighted by Crippen LogP contribution is 2.28. The highest BCUT2D eigenvalue weighted by Gasteiger charge is 2.17. The number of thioether (sulfide) groups is 1. The predicted molar refractivity (Wildman–Crippen MR) is 130 cm³/mol. The number of carbonyl (C=O) groups excluding carboxylic acids is 1.